The average molecular weight is 1030 g/mol. The highest BCUT2D eigenvalue weighted by Gasteiger charge is 2.34. The molecule has 68 heavy (non-hydrogen) atoms. The molecule has 21 heteroatoms. The van der Waals surface area contributed by atoms with Crippen molar-refractivity contribution in [3.8, 4) is 0 Å². The Morgan fingerprint density at radius 1 is 0.721 bits per heavy atom. The number of halogens is 2. The van der Waals surface area contributed by atoms with Gasteiger partial charge in [0.25, 0.3) is 0 Å². The molecule has 0 aliphatic carbocycles. The van der Waals surface area contributed by atoms with Gasteiger partial charge in [-0.2, -0.15) is 0 Å². The molecule has 0 spiro atoms. The van der Waals surface area contributed by atoms with Gasteiger partial charge in [0.15, 0.2) is 17.3 Å². The maximum atomic E-state index is 14.4. The van der Waals surface area contributed by atoms with Crippen LogP contribution in [0.1, 0.15) is 75.0 Å². The molecule has 18 nitrogen and oxygen atoms in total. The number of para-hydroxylation sites is 1. The van der Waals surface area contributed by atoms with Crippen molar-refractivity contribution in [3.05, 3.63) is 99.9 Å². The molecule has 0 saturated carbocycles. The smallest absolute Gasteiger partial charge is 0.305 e. The molecule has 4 rings (SSSR count). The van der Waals surface area contributed by atoms with Crippen LogP contribution in [-0.2, 0) is 66.0 Å². The first-order valence-electron chi connectivity index (χ1n) is 21.4. The van der Waals surface area contributed by atoms with Gasteiger partial charge in [-0.1, -0.05) is 46.3 Å². The van der Waals surface area contributed by atoms with Crippen LogP contribution in [-0.4, -0.2) is 100 Å². The van der Waals surface area contributed by atoms with Crippen LogP contribution in [0.2, 0.25) is 0 Å². The van der Waals surface area contributed by atoms with Gasteiger partial charge in [-0.25, -0.2) is 17.5 Å². The molecule has 0 saturated heterocycles. The minimum Gasteiger partial charge on any atom is -0.481 e. The predicted octanol–water partition coefficient (Wildman–Crippen LogP) is 4.63. The van der Waals surface area contributed by atoms with Gasteiger partial charge in [-0.05, 0) is 86.2 Å². The van der Waals surface area contributed by atoms with Crippen LogP contribution < -0.4 is 15.4 Å². The lowest BCUT2D eigenvalue weighted by Crippen LogP contribution is -2.47. The van der Waals surface area contributed by atoms with Crippen LogP contribution in [0.15, 0.2) is 82.3 Å². The molecule has 0 bridgehead atoms. The Labute approximate surface area is 399 Å². The van der Waals surface area contributed by atoms with Gasteiger partial charge in [-0.15, -0.1) is 0 Å². The third kappa shape index (κ3) is 16.7. The zero-order chi connectivity index (χ0) is 50.3. The molecule has 0 aliphatic rings. The molecule has 0 fully saturated rings. The fourth-order valence-electron chi connectivity index (χ4n) is 7.64. The molecule has 0 aliphatic heterocycles. The number of nitrogens with one attached hydrogen (secondary N) is 4. The number of rotatable bonds is 29. The summed E-state index contributed by atoms with van der Waals surface area (Å²) in [5, 5.41) is 34.0. The topological polar surface area (TPSA) is 300 Å². The third-order valence-electron chi connectivity index (χ3n) is 11.2. The number of carboxylic acid groups (broad SMARTS) is 3. The summed E-state index contributed by atoms with van der Waals surface area (Å²) in [7, 11) is -4.49. The summed E-state index contributed by atoms with van der Waals surface area (Å²) < 4.78 is 43.6. The monoisotopic (exact) mass is 1030 g/mol. The van der Waals surface area contributed by atoms with E-state index >= 15 is 0 Å². The van der Waals surface area contributed by atoms with Crippen LogP contribution in [0.25, 0.3) is 10.9 Å². The van der Waals surface area contributed by atoms with Crippen molar-refractivity contribution < 1.29 is 71.3 Å². The number of carboxylic acids is 3. The number of aryl methyl sites for hydroxylation is 1. The third-order valence-corrected chi connectivity index (χ3v) is 13.4. The lowest BCUT2D eigenvalue weighted by molar-refractivity contribution is -0.140. The van der Waals surface area contributed by atoms with E-state index in [1.807, 2.05) is 0 Å². The van der Waals surface area contributed by atoms with Gasteiger partial charge in [0.05, 0.1) is 29.9 Å². The number of aliphatic carboxylic acids is 3. The highest BCUT2D eigenvalue weighted by molar-refractivity contribution is 9.10. The maximum absolute atomic E-state index is 14.4. The quantitative estimate of drug-likeness (QED) is 0.0390. The fourth-order valence-corrected chi connectivity index (χ4v) is 9.56. The van der Waals surface area contributed by atoms with Gasteiger partial charge >= 0.3 is 17.9 Å². The number of benzene rings is 3. The van der Waals surface area contributed by atoms with Crippen molar-refractivity contribution in [3.63, 3.8) is 0 Å². The zero-order valence-electron chi connectivity index (χ0n) is 37.1. The molecule has 1 aromatic heterocycles. The molecule has 7 N–H and O–H groups in total. The summed E-state index contributed by atoms with van der Waals surface area (Å²) in [5.41, 5.74) is 1.90. The normalized spacial score (nSPS) is 13.6. The number of amides is 2. The second-order valence-corrected chi connectivity index (χ2v) is 19.1. The largest absolute Gasteiger partial charge is 0.481 e. The second-order valence-electron chi connectivity index (χ2n) is 16.5. The fraction of sp³-hybridized carbons (Fsp3) is 0.383. The summed E-state index contributed by atoms with van der Waals surface area (Å²) in [4.78, 5) is 119. The summed E-state index contributed by atoms with van der Waals surface area (Å²) >= 11 is 3.22. The second kappa shape index (κ2) is 25.1. The number of aromatic amines is 1. The Kier molecular flexibility index (Phi) is 20.0. The molecule has 0 radical (unpaired) electrons. The summed E-state index contributed by atoms with van der Waals surface area (Å²) in [5.74, 6) is -13.2. The number of hydrogen-bond donors (Lipinski definition) is 7. The number of carbonyl (C=O) groups is 9. The van der Waals surface area contributed by atoms with E-state index in [4.69, 9.17) is 0 Å². The van der Waals surface area contributed by atoms with E-state index in [2.05, 4.69) is 36.3 Å². The number of carbonyl (C=O) groups excluding carboxylic acids is 6. The molecule has 2 amide bonds. The summed E-state index contributed by atoms with van der Waals surface area (Å²) in [6, 6.07) is 13.3. The highest BCUT2D eigenvalue weighted by atomic mass is 79.9. The standard InChI is InChI=1S/C47H52BrFN4O14S/c1-26-16-33(48)12-13-42(26)68(66,67)53-39(23-45(62)63)41(57)22-30(11-15-44(60)61)46(64)51-25-35(55)19-31(17-28-6-5-7-34(49)18-28)47(65)52-38(20-32-24-50-37-9-4-3-8-36(32)37)40(56)21-29(27(2)54)10-14-43(58)59/h3-9,12-13,16,18,24,29-31,38-39,50,53H,10-11,14-15,17,19-23,25H2,1-2H3,(H,51,64)(H,52,65)(H,58,59)(H,60,61)(H,62,63)/t29-,30-,31-,38+,39-/m1/s1. The molecule has 5 atom stereocenters. The molecule has 3 aromatic carbocycles. The number of ketones is 4. The van der Waals surface area contributed by atoms with E-state index < -0.39 is 144 Å². The van der Waals surface area contributed by atoms with E-state index in [9.17, 15) is 71.3 Å². The van der Waals surface area contributed by atoms with Crippen molar-refractivity contribution in [1.29, 1.82) is 0 Å². The Hall–Kier alpha value is -6.45. The minimum atomic E-state index is -4.49. The van der Waals surface area contributed by atoms with E-state index in [0.29, 0.717) is 15.6 Å². The minimum absolute atomic E-state index is 0.0794. The number of aromatic nitrogens is 1. The Morgan fingerprint density at radius 2 is 1.37 bits per heavy atom. The first kappa shape index (κ1) is 54.2. The van der Waals surface area contributed by atoms with E-state index in [1.54, 1.807) is 30.5 Å². The molecular formula is C47H52BrFN4O14S. The van der Waals surface area contributed by atoms with Crippen molar-refractivity contribution in [1.82, 2.24) is 20.3 Å². The number of sulfonamides is 1. The van der Waals surface area contributed by atoms with Crippen LogP contribution in [0.3, 0.4) is 0 Å². The molecule has 364 valence electrons. The number of Topliss-reactive ketones (excluding diaryl/α,β-unsaturated/α-hetero) is 4. The van der Waals surface area contributed by atoms with Gasteiger partial charge in [0.1, 0.15) is 11.6 Å². The SMILES string of the molecule is CC(=O)[C@H](CCC(=O)O)CC(=O)[C@H](Cc1c[nH]c2ccccc12)NC(=O)[C@@H](CC(=O)CNC(=O)[C@H](CCC(=O)O)CC(=O)[C@@H](CC(=O)O)NS(=O)(=O)c1ccc(Br)cc1C)Cc1cccc(F)c1. The van der Waals surface area contributed by atoms with Crippen LogP contribution >= 0.6 is 15.9 Å². The van der Waals surface area contributed by atoms with Crippen LogP contribution in [0, 0.1) is 30.5 Å². The first-order valence-corrected chi connectivity index (χ1v) is 23.7. The molecule has 0 unspecified atom stereocenters. The van der Waals surface area contributed by atoms with Gasteiger partial charge in [0.2, 0.25) is 21.8 Å². The van der Waals surface area contributed by atoms with Crippen molar-refractivity contribution in [2.24, 2.45) is 17.8 Å². The van der Waals surface area contributed by atoms with Gasteiger partial charge < -0.3 is 30.9 Å². The average Bonchev–Trinajstić information content (AvgIpc) is 3.66. The highest BCUT2D eigenvalue weighted by Crippen LogP contribution is 2.25. The van der Waals surface area contributed by atoms with Crippen LogP contribution in [0.4, 0.5) is 4.39 Å². The van der Waals surface area contributed by atoms with E-state index in [0.717, 1.165) is 17.0 Å². The predicted molar refractivity (Wildman–Crippen MR) is 246 cm³/mol. The van der Waals surface area contributed by atoms with Crippen LogP contribution in [0.5, 0.6) is 0 Å². The molecule has 1 heterocycles. The van der Waals surface area contributed by atoms with Crippen molar-refractivity contribution in [2.75, 3.05) is 6.54 Å². The first-order chi connectivity index (χ1) is 32.0. The van der Waals surface area contributed by atoms with Gasteiger partial charge in [-0.3, -0.25) is 43.2 Å². The van der Waals surface area contributed by atoms with E-state index in [1.165, 1.54) is 50.2 Å². The summed E-state index contributed by atoms with van der Waals surface area (Å²) in [6.07, 6.45) is -3.16. The zero-order valence-corrected chi connectivity index (χ0v) is 39.5. The van der Waals surface area contributed by atoms with Crippen molar-refractivity contribution >= 4 is 89.7 Å². The Bertz CT molecular complexity index is 2670. The number of fused-ring (bicyclic) bond motifs is 1. The Morgan fingerprint density at radius 3 is 2.00 bits per heavy atom. The summed E-state index contributed by atoms with van der Waals surface area (Å²) in [6.45, 7) is 1.94. The Balaban J connectivity index is 1.56. The van der Waals surface area contributed by atoms with E-state index in [-0.39, 0.29) is 36.1 Å². The van der Waals surface area contributed by atoms with Gasteiger partial charge in [0, 0.05) is 77.9 Å². The maximum Gasteiger partial charge on any atom is 0.305 e. The lowest BCUT2D eigenvalue weighted by atomic mass is 9.88. The molecular weight excluding hydrogens is 975 g/mol. The van der Waals surface area contributed by atoms with Crippen molar-refractivity contribution in [2.45, 2.75) is 95.0 Å². The lowest BCUT2D eigenvalue weighted by Gasteiger charge is -2.24. The number of H-pyrrole nitrogens is 1. The number of hydrogen-bond acceptors (Lipinski definition) is 11. The molecule has 4 aromatic rings.